The van der Waals surface area contributed by atoms with E-state index >= 15 is 0 Å². The van der Waals surface area contributed by atoms with Crippen LogP contribution in [0.25, 0.3) is 0 Å². The number of Topliss-reactive ketones (excluding diaryl/α,β-unsaturated/α-hetero) is 1. The lowest BCUT2D eigenvalue weighted by Crippen LogP contribution is -2.50. The highest BCUT2D eigenvalue weighted by atomic mass is 16.2. The Morgan fingerprint density at radius 3 is 2.32 bits per heavy atom. The Hall–Kier alpha value is -0.900. The minimum absolute atomic E-state index is 0.104. The van der Waals surface area contributed by atoms with Crippen LogP contribution in [-0.4, -0.2) is 42.3 Å². The van der Waals surface area contributed by atoms with E-state index in [4.69, 9.17) is 0 Å². The van der Waals surface area contributed by atoms with Crippen molar-refractivity contribution >= 4 is 11.7 Å². The summed E-state index contributed by atoms with van der Waals surface area (Å²) in [5, 5.41) is 3.40. The summed E-state index contributed by atoms with van der Waals surface area (Å²) in [5.41, 5.74) is 0.607. The van der Waals surface area contributed by atoms with Crippen molar-refractivity contribution in [3.05, 3.63) is 0 Å². The lowest BCUT2D eigenvalue weighted by Gasteiger charge is -2.39. The average Bonchev–Trinajstić information content (AvgIpc) is 3.37. The Balaban J connectivity index is 1.18. The summed E-state index contributed by atoms with van der Waals surface area (Å²) in [6, 6.07) is 0.122. The molecule has 4 aliphatic carbocycles. The number of nitrogens with zero attached hydrogens (tertiary/aromatic N) is 1. The fourth-order valence-corrected chi connectivity index (χ4v) is 7.19. The van der Waals surface area contributed by atoms with Crippen LogP contribution in [0.3, 0.4) is 0 Å². The topological polar surface area (TPSA) is 49.4 Å². The van der Waals surface area contributed by atoms with E-state index in [0.29, 0.717) is 35.5 Å². The third kappa shape index (κ3) is 3.78. The number of carbonyl (C=O) groups is 2. The first-order valence-electron chi connectivity index (χ1n) is 12.2. The molecule has 1 saturated heterocycles. The number of carbonyl (C=O) groups excluding carboxylic acids is 2. The highest BCUT2D eigenvalue weighted by Crippen LogP contribution is 2.48. The van der Waals surface area contributed by atoms with Gasteiger partial charge < -0.3 is 5.32 Å². The molecule has 1 amide bonds. The van der Waals surface area contributed by atoms with Crippen molar-refractivity contribution in [3.63, 3.8) is 0 Å². The standard InChI is InChI=1S/C24H38N2O2/c27-21(16-26-13-11-24(12-14-26)9-3-4-10-24)25-22-19-6-2-1-5-18(19)15-20(22)23(28)17-7-8-17/h17-20,22H,1-16H2,(H,25,27). The molecule has 1 spiro atoms. The molecule has 5 fully saturated rings. The van der Waals surface area contributed by atoms with Crippen molar-refractivity contribution in [2.45, 2.75) is 89.5 Å². The van der Waals surface area contributed by atoms with E-state index in [1.165, 1.54) is 64.2 Å². The smallest absolute Gasteiger partial charge is 0.234 e. The summed E-state index contributed by atoms with van der Waals surface area (Å²) in [7, 11) is 0. The first-order chi connectivity index (χ1) is 13.6. The lowest BCUT2D eigenvalue weighted by molar-refractivity contribution is -0.127. The maximum absolute atomic E-state index is 12.9. The van der Waals surface area contributed by atoms with Gasteiger partial charge in [0, 0.05) is 17.9 Å². The molecule has 5 aliphatic rings. The van der Waals surface area contributed by atoms with Gasteiger partial charge in [-0.25, -0.2) is 0 Å². The number of nitrogens with one attached hydrogen (secondary N) is 1. The number of ketones is 1. The highest BCUT2D eigenvalue weighted by molar-refractivity contribution is 5.87. The maximum atomic E-state index is 12.9. The number of fused-ring (bicyclic) bond motifs is 1. The van der Waals surface area contributed by atoms with Crippen molar-refractivity contribution < 1.29 is 9.59 Å². The minimum Gasteiger partial charge on any atom is -0.351 e. The Kier molecular flexibility index (Phi) is 5.27. The fraction of sp³-hybridized carbons (Fsp3) is 0.917. The van der Waals surface area contributed by atoms with Gasteiger partial charge in [0.15, 0.2) is 0 Å². The first-order valence-corrected chi connectivity index (χ1v) is 12.2. The van der Waals surface area contributed by atoms with Crippen LogP contribution in [0.5, 0.6) is 0 Å². The number of piperidine rings is 1. The molecule has 0 aromatic heterocycles. The summed E-state index contributed by atoms with van der Waals surface area (Å²) in [6.45, 7) is 2.69. The Labute approximate surface area is 170 Å². The van der Waals surface area contributed by atoms with Crippen molar-refractivity contribution in [1.82, 2.24) is 10.2 Å². The molecule has 4 heteroatoms. The second kappa shape index (κ2) is 7.74. The molecule has 4 unspecified atom stereocenters. The van der Waals surface area contributed by atoms with Gasteiger partial charge in [-0.3, -0.25) is 14.5 Å². The first kappa shape index (κ1) is 19.1. The quantitative estimate of drug-likeness (QED) is 0.779. The van der Waals surface area contributed by atoms with E-state index in [0.717, 1.165) is 32.4 Å². The van der Waals surface area contributed by atoms with Gasteiger partial charge >= 0.3 is 0 Å². The SMILES string of the molecule is O=C(CN1CCC2(CCCC2)CC1)NC1C(C(=O)C2CC2)CC2CCCCC21. The molecule has 4 saturated carbocycles. The Morgan fingerprint density at radius 2 is 1.61 bits per heavy atom. The number of rotatable bonds is 5. The fourth-order valence-electron chi connectivity index (χ4n) is 7.19. The number of hydrogen-bond donors (Lipinski definition) is 1. The van der Waals surface area contributed by atoms with Gasteiger partial charge in [0.2, 0.25) is 5.91 Å². The van der Waals surface area contributed by atoms with Crippen molar-refractivity contribution in [3.8, 4) is 0 Å². The normalized spacial score (nSPS) is 37.7. The van der Waals surface area contributed by atoms with E-state index in [9.17, 15) is 9.59 Å². The van der Waals surface area contributed by atoms with Gasteiger partial charge in [-0.15, -0.1) is 0 Å². The molecule has 0 radical (unpaired) electrons. The molecule has 0 aromatic carbocycles. The van der Waals surface area contributed by atoms with Crippen LogP contribution in [0.1, 0.15) is 83.5 Å². The molecule has 4 atom stereocenters. The monoisotopic (exact) mass is 386 g/mol. The number of likely N-dealkylation sites (tertiary alicyclic amines) is 1. The van der Waals surface area contributed by atoms with Crippen LogP contribution in [0.15, 0.2) is 0 Å². The second-order valence-corrected chi connectivity index (χ2v) is 10.8. The largest absolute Gasteiger partial charge is 0.351 e. The molecule has 28 heavy (non-hydrogen) atoms. The van der Waals surface area contributed by atoms with E-state index in [1.807, 2.05) is 0 Å². The van der Waals surface area contributed by atoms with Crippen molar-refractivity contribution in [2.24, 2.45) is 29.1 Å². The molecule has 4 nitrogen and oxygen atoms in total. The van der Waals surface area contributed by atoms with Crippen molar-refractivity contribution in [2.75, 3.05) is 19.6 Å². The molecule has 1 aliphatic heterocycles. The van der Waals surface area contributed by atoms with E-state index < -0.39 is 0 Å². The van der Waals surface area contributed by atoms with Crippen LogP contribution in [0, 0.1) is 29.1 Å². The Bertz CT molecular complexity index is 598. The van der Waals surface area contributed by atoms with Gasteiger partial charge in [0.25, 0.3) is 0 Å². The van der Waals surface area contributed by atoms with Crippen LogP contribution < -0.4 is 5.32 Å². The van der Waals surface area contributed by atoms with Crippen LogP contribution in [0.2, 0.25) is 0 Å². The molecular formula is C24H38N2O2. The van der Waals surface area contributed by atoms with Crippen LogP contribution >= 0.6 is 0 Å². The third-order valence-corrected chi connectivity index (χ3v) is 9.04. The molecule has 156 valence electrons. The molecule has 1 heterocycles. The summed E-state index contributed by atoms with van der Waals surface area (Å²) in [4.78, 5) is 28.2. The highest BCUT2D eigenvalue weighted by Gasteiger charge is 2.50. The van der Waals surface area contributed by atoms with E-state index in [1.54, 1.807) is 0 Å². The van der Waals surface area contributed by atoms with E-state index in [-0.39, 0.29) is 17.9 Å². The summed E-state index contributed by atoms with van der Waals surface area (Å²) >= 11 is 0. The molecule has 0 aromatic rings. The summed E-state index contributed by atoms with van der Waals surface area (Å²) in [6.07, 6.45) is 16.4. The van der Waals surface area contributed by atoms with E-state index in [2.05, 4.69) is 10.2 Å². The van der Waals surface area contributed by atoms with Crippen molar-refractivity contribution in [1.29, 1.82) is 0 Å². The zero-order valence-electron chi connectivity index (χ0n) is 17.5. The van der Waals surface area contributed by atoms with Crippen LogP contribution in [-0.2, 0) is 9.59 Å². The average molecular weight is 387 g/mol. The predicted octanol–water partition coefficient (Wildman–Crippen LogP) is 3.93. The molecule has 0 bridgehead atoms. The predicted molar refractivity (Wildman–Crippen MR) is 110 cm³/mol. The maximum Gasteiger partial charge on any atom is 0.234 e. The second-order valence-electron chi connectivity index (χ2n) is 10.8. The van der Waals surface area contributed by atoms with Crippen LogP contribution in [0.4, 0.5) is 0 Å². The molecule has 1 N–H and O–H groups in total. The zero-order chi connectivity index (χ0) is 19.1. The summed E-state index contributed by atoms with van der Waals surface area (Å²) in [5.74, 6) is 2.28. The van der Waals surface area contributed by atoms with Gasteiger partial charge in [-0.1, -0.05) is 32.1 Å². The Morgan fingerprint density at radius 1 is 0.893 bits per heavy atom. The number of hydrogen-bond acceptors (Lipinski definition) is 3. The summed E-state index contributed by atoms with van der Waals surface area (Å²) < 4.78 is 0. The minimum atomic E-state index is 0.104. The number of amides is 1. The van der Waals surface area contributed by atoms with Gasteiger partial charge in [-0.2, -0.15) is 0 Å². The third-order valence-electron chi connectivity index (χ3n) is 9.04. The zero-order valence-corrected chi connectivity index (χ0v) is 17.5. The molecule has 5 rings (SSSR count). The molecular weight excluding hydrogens is 348 g/mol. The van der Waals surface area contributed by atoms with Gasteiger partial charge in [-0.05, 0) is 81.7 Å². The van der Waals surface area contributed by atoms with Gasteiger partial charge in [0.05, 0.1) is 6.54 Å². The lowest BCUT2D eigenvalue weighted by atomic mass is 9.77. The van der Waals surface area contributed by atoms with Gasteiger partial charge in [0.1, 0.15) is 5.78 Å².